The first-order chi connectivity index (χ1) is 11.6. The predicted octanol–water partition coefficient (Wildman–Crippen LogP) is 3.17. The fraction of sp³-hybridized carbons (Fsp3) is 0.278. The molecule has 0 radical (unpaired) electrons. The highest BCUT2D eigenvalue weighted by Crippen LogP contribution is 2.17. The molecule has 0 fully saturated rings. The van der Waals surface area contributed by atoms with E-state index in [0.717, 1.165) is 24.2 Å². The first-order valence-corrected chi connectivity index (χ1v) is 7.72. The number of hydrogen-bond acceptors (Lipinski definition) is 3. The molecule has 2 N–H and O–H groups in total. The van der Waals surface area contributed by atoms with Crippen LogP contribution in [-0.2, 0) is 30.8 Å². The van der Waals surface area contributed by atoms with Gasteiger partial charge in [-0.1, -0.05) is 30.3 Å². The molecule has 0 atom stereocenters. The van der Waals surface area contributed by atoms with Crippen molar-refractivity contribution in [2.75, 3.05) is 0 Å². The summed E-state index contributed by atoms with van der Waals surface area (Å²) in [5.74, 6) is -0.0305. The molecule has 1 heterocycles. The Bertz CT molecular complexity index is 724. The molecule has 3 rings (SSSR count). The van der Waals surface area contributed by atoms with Gasteiger partial charge < -0.3 is 15.4 Å². The van der Waals surface area contributed by atoms with Gasteiger partial charge in [0.2, 0.25) is 5.91 Å². The lowest BCUT2D eigenvalue weighted by molar-refractivity contribution is -0.120. The molecule has 1 aliphatic rings. The van der Waals surface area contributed by atoms with Gasteiger partial charge in [-0.2, -0.15) is 8.78 Å². The van der Waals surface area contributed by atoms with Crippen molar-refractivity contribution in [2.45, 2.75) is 32.7 Å². The van der Waals surface area contributed by atoms with E-state index in [-0.39, 0.29) is 30.5 Å². The van der Waals surface area contributed by atoms with Gasteiger partial charge >= 0.3 is 6.61 Å². The van der Waals surface area contributed by atoms with Crippen molar-refractivity contribution in [3.63, 3.8) is 0 Å². The summed E-state index contributed by atoms with van der Waals surface area (Å²) in [5, 5.41) is 6.16. The van der Waals surface area contributed by atoms with Crippen LogP contribution in [0, 0.1) is 0 Å². The Balaban J connectivity index is 0.00000225. The average Bonchev–Trinajstić information content (AvgIpc) is 3.02. The summed E-state index contributed by atoms with van der Waals surface area (Å²) >= 11 is 0. The average molecular weight is 369 g/mol. The summed E-state index contributed by atoms with van der Waals surface area (Å²) in [6.45, 7) is -0.613. The van der Waals surface area contributed by atoms with Gasteiger partial charge in [-0.25, -0.2) is 0 Å². The highest BCUT2D eigenvalue weighted by atomic mass is 35.5. The van der Waals surface area contributed by atoms with Gasteiger partial charge in [0.15, 0.2) is 0 Å². The Hall–Kier alpha value is -2.18. The van der Waals surface area contributed by atoms with Gasteiger partial charge in [-0.05, 0) is 34.4 Å². The van der Waals surface area contributed by atoms with Crippen LogP contribution in [0.25, 0.3) is 0 Å². The van der Waals surface area contributed by atoms with Gasteiger partial charge in [0.25, 0.3) is 0 Å². The van der Waals surface area contributed by atoms with E-state index in [2.05, 4.69) is 27.5 Å². The molecular formula is C18H19ClF2N2O2. The topological polar surface area (TPSA) is 50.4 Å². The monoisotopic (exact) mass is 368 g/mol. The first kappa shape index (κ1) is 19.1. The van der Waals surface area contributed by atoms with Gasteiger partial charge in [0, 0.05) is 19.6 Å². The number of carbonyl (C=O) groups is 1. The van der Waals surface area contributed by atoms with Crippen LogP contribution in [-0.4, -0.2) is 12.5 Å². The molecule has 25 heavy (non-hydrogen) atoms. The molecular weight excluding hydrogens is 350 g/mol. The number of fused-ring (bicyclic) bond motifs is 1. The van der Waals surface area contributed by atoms with Crippen molar-refractivity contribution >= 4 is 18.3 Å². The molecule has 4 nitrogen and oxygen atoms in total. The number of ether oxygens (including phenoxy) is 1. The lowest BCUT2D eigenvalue weighted by Crippen LogP contribution is -2.24. The van der Waals surface area contributed by atoms with Gasteiger partial charge in [0.1, 0.15) is 5.75 Å². The number of benzene rings is 2. The van der Waals surface area contributed by atoms with Crippen LogP contribution < -0.4 is 15.4 Å². The highest BCUT2D eigenvalue weighted by Gasteiger charge is 2.11. The van der Waals surface area contributed by atoms with Crippen LogP contribution in [0.3, 0.4) is 0 Å². The second-order valence-corrected chi connectivity index (χ2v) is 5.68. The van der Waals surface area contributed by atoms with E-state index in [0.29, 0.717) is 6.54 Å². The van der Waals surface area contributed by atoms with Crippen molar-refractivity contribution < 1.29 is 18.3 Å². The minimum absolute atomic E-state index is 0. The number of rotatable bonds is 6. The van der Waals surface area contributed by atoms with Gasteiger partial charge in [-0.3, -0.25) is 4.79 Å². The molecule has 1 aliphatic heterocycles. The van der Waals surface area contributed by atoms with Crippen LogP contribution in [0.5, 0.6) is 5.75 Å². The molecule has 1 amide bonds. The molecule has 2 aromatic rings. The number of hydrogen-bond donors (Lipinski definition) is 2. The number of amides is 1. The fourth-order valence-electron chi connectivity index (χ4n) is 2.70. The van der Waals surface area contributed by atoms with Crippen LogP contribution in [0.1, 0.15) is 22.3 Å². The van der Waals surface area contributed by atoms with Gasteiger partial charge in [0.05, 0.1) is 6.42 Å². The normalized spacial score (nSPS) is 12.4. The SMILES string of the molecule is Cl.O=C(Cc1ccc(OC(F)F)cc1)NCc1ccc2c(c1)CNC2. The zero-order chi connectivity index (χ0) is 16.9. The standard InChI is InChI=1S/C18H18F2N2O2.ClH/c19-18(20)24-16-5-2-12(3-6-16)8-17(23)22-9-13-1-4-14-10-21-11-15(14)7-13;/h1-7,18,21H,8-11H2,(H,22,23);1H. The zero-order valence-electron chi connectivity index (χ0n) is 13.4. The summed E-state index contributed by atoms with van der Waals surface area (Å²) in [6, 6.07) is 12.3. The minimum Gasteiger partial charge on any atom is -0.435 e. The van der Waals surface area contributed by atoms with Crippen molar-refractivity contribution in [1.29, 1.82) is 0 Å². The molecule has 7 heteroatoms. The van der Waals surface area contributed by atoms with E-state index in [1.165, 1.54) is 23.3 Å². The Kier molecular flexibility index (Phi) is 6.73. The van der Waals surface area contributed by atoms with Crippen LogP contribution in [0.4, 0.5) is 8.78 Å². The lowest BCUT2D eigenvalue weighted by atomic mass is 10.1. The summed E-state index contributed by atoms with van der Waals surface area (Å²) < 4.78 is 28.4. The third kappa shape index (κ3) is 5.41. The fourth-order valence-corrected chi connectivity index (χ4v) is 2.70. The van der Waals surface area contributed by atoms with E-state index in [9.17, 15) is 13.6 Å². The zero-order valence-corrected chi connectivity index (χ0v) is 14.2. The summed E-state index contributed by atoms with van der Waals surface area (Å²) in [6.07, 6.45) is 0.196. The van der Waals surface area contributed by atoms with E-state index < -0.39 is 6.61 Å². The second-order valence-electron chi connectivity index (χ2n) is 5.68. The van der Waals surface area contributed by atoms with E-state index in [4.69, 9.17) is 0 Å². The summed E-state index contributed by atoms with van der Waals surface area (Å²) in [7, 11) is 0. The lowest BCUT2D eigenvalue weighted by Gasteiger charge is -2.08. The van der Waals surface area contributed by atoms with Crippen molar-refractivity contribution in [3.05, 3.63) is 64.7 Å². The molecule has 0 aromatic heterocycles. The highest BCUT2D eigenvalue weighted by molar-refractivity contribution is 5.85. The molecule has 2 aromatic carbocycles. The van der Waals surface area contributed by atoms with Crippen LogP contribution in [0.2, 0.25) is 0 Å². The third-order valence-corrected chi connectivity index (χ3v) is 3.90. The molecule has 134 valence electrons. The maximum Gasteiger partial charge on any atom is 0.387 e. The third-order valence-electron chi connectivity index (χ3n) is 3.90. The number of nitrogens with one attached hydrogen (secondary N) is 2. The maximum atomic E-state index is 12.1. The first-order valence-electron chi connectivity index (χ1n) is 7.72. The van der Waals surface area contributed by atoms with E-state index >= 15 is 0 Å². The molecule has 0 saturated carbocycles. The Morgan fingerprint density at radius 3 is 2.48 bits per heavy atom. The second kappa shape index (κ2) is 8.78. The van der Waals surface area contributed by atoms with Crippen molar-refractivity contribution in [3.8, 4) is 5.75 Å². The Morgan fingerprint density at radius 1 is 1.08 bits per heavy atom. The molecule has 0 bridgehead atoms. The van der Waals surface area contributed by atoms with Crippen molar-refractivity contribution in [1.82, 2.24) is 10.6 Å². The quantitative estimate of drug-likeness (QED) is 0.823. The molecule has 0 unspecified atom stereocenters. The smallest absolute Gasteiger partial charge is 0.387 e. The summed E-state index contributed by atoms with van der Waals surface area (Å²) in [5.41, 5.74) is 4.38. The molecule has 0 aliphatic carbocycles. The molecule has 0 spiro atoms. The number of carbonyl (C=O) groups excluding carboxylic acids is 1. The largest absolute Gasteiger partial charge is 0.435 e. The molecule has 0 saturated heterocycles. The minimum atomic E-state index is -2.85. The van der Waals surface area contributed by atoms with E-state index in [1.807, 2.05) is 6.07 Å². The Labute approximate surface area is 151 Å². The van der Waals surface area contributed by atoms with E-state index in [1.54, 1.807) is 12.1 Å². The Morgan fingerprint density at radius 2 is 1.76 bits per heavy atom. The van der Waals surface area contributed by atoms with Gasteiger partial charge in [-0.15, -0.1) is 12.4 Å². The van der Waals surface area contributed by atoms with Crippen LogP contribution in [0.15, 0.2) is 42.5 Å². The maximum absolute atomic E-state index is 12.1. The number of halogens is 3. The van der Waals surface area contributed by atoms with Crippen molar-refractivity contribution in [2.24, 2.45) is 0 Å². The van der Waals surface area contributed by atoms with Crippen LogP contribution >= 0.6 is 12.4 Å². The number of alkyl halides is 2. The predicted molar refractivity (Wildman–Crippen MR) is 92.9 cm³/mol. The summed E-state index contributed by atoms with van der Waals surface area (Å²) in [4.78, 5) is 12.0.